The lowest BCUT2D eigenvalue weighted by Crippen LogP contribution is -2.19. The molecular weight excluding hydrogens is 217 g/mol. The zero-order chi connectivity index (χ0) is 11.6. The topological polar surface area (TPSA) is 86.1 Å². The number of alkyl halides is 3. The third-order valence-electron chi connectivity index (χ3n) is 1.32. The Morgan fingerprint density at radius 1 is 1.53 bits per heavy atom. The quantitative estimate of drug-likeness (QED) is 0.734. The minimum absolute atomic E-state index is 0.393. The van der Waals surface area contributed by atoms with E-state index < -0.39 is 29.1 Å². The van der Waals surface area contributed by atoms with Gasteiger partial charge in [0.15, 0.2) is 11.4 Å². The fourth-order valence-electron chi connectivity index (χ4n) is 0.790. The molecule has 0 aliphatic carbocycles. The SMILES string of the molecule is N#Cc1[nH]c(OC(F)(F)F)cc(=O)c1O. The van der Waals surface area contributed by atoms with Crippen LogP contribution >= 0.6 is 0 Å². The van der Waals surface area contributed by atoms with Crippen LogP contribution in [-0.4, -0.2) is 16.5 Å². The van der Waals surface area contributed by atoms with Crippen molar-refractivity contribution in [1.82, 2.24) is 4.98 Å². The first-order chi connectivity index (χ1) is 6.83. The van der Waals surface area contributed by atoms with Gasteiger partial charge in [-0.05, 0) is 0 Å². The second-order valence-corrected chi connectivity index (χ2v) is 2.38. The number of ether oxygens (including phenoxy) is 1. The Morgan fingerprint density at radius 3 is 2.60 bits per heavy atom. The van der Waals surface area contributed by atoms with Gasteiger partial charge in [-0.15, -0.1) is 13.2 Å². The molecule has 0 fully saturated rings. The standard InChI is InChI=1S/C7H3F3N2O3/c8-7(9,10)15-5-1-4(13)6(14)3(2-11)12-5/h1,14H,(H,12,13). The minimum atomic E-state index is -4.98. The number of hydrogen-bond acceptors (Lipinski definition) is 4. The van der Waals surface area contributed by atoms with Crippen molar-refractivity contribution in [3.05, 3.63) is 22.0 Å². The summed E-state index contributed by atoms with van der Waals surface area (Å²) in [5.74, 6) is -1.91. The van der Waals surface area contributed by atoms with Crippen LogP contribution in [0.15, 0.2) is 10.9 Å². The number of pyridine rings is 1. The Hall–Kier alpha value is -2.17. The molecular formula is C7H3F3N2O3. The number of aromatic hydroxyl groups is 1. The summed E-state index contributed by atoms with van der Waals surface area (Å²) in [6, 6.07) is 1.70. The van der Waals surface area contributed by atoms with Gasteiger partial charge in [0, 0.05) is 0 Å². The van der Waals surface area contributed by atoms with Crippen molar-refractivity contribution in [3.63, 3.8) is 0 Å². The van der Waals surface area contributed by atoms with Crippen LogP contribution in [0.2, 0.25) is 0 Å². The lowest BCUT2D eigenvalue weighted by molar-refractivity contribution is -0.276. The molecule has 0 spiro atoms. The molecule has 80 valence electrons. The molecule has 15 heavy (non-hydrogen) atoms. The van der Waals surface area contributed by atoms with E-state index in [0.29, 0.717) is 6.07 Å². The molecule has 8 heteroatoms. The average Bonchev–Trinajstić information content (AvgIpc) is 2.08. The maximum absolute atomic E-state index is 11.7. The maximum Gasteiger partial charge on any atom is 0.574 e. The van der Waals surface area contributed by atoms with Gasteiger partial charge < -0.3 is 14.8 Å². The van der Waals surface area contributed by atoms with Crippen LogP contribution in [0.3, 0.4) is 0 Å². The van der Waals surface area contributed by atoms with Crippen LogP contribution in [0.4, 0.5) is 13.2 Å². The van der Waals surface area contributed by atoms with Crippen LogP contribution in [0, 0.1) is 11.3 Å². The summed E-state index contributed by atoms with van der Waals surface area (Å²) in [5, 5.41) is 17.3. The van der Waals surface area contributed by atoms with E-state index >= 15 is 0 Å². The molecule has 0 saturated carbocycles. The Balaban J connectivity index is 3.20. The predicted molar refractivity (Wildman–Crippen MR) is 40.1 cm³/mol. The molecule has 0 amide bonds. The smallest absolute Gasteiger partial charge is 0.502 e. The predicted octanol–water partition coefficient (Wildman–Crippen LogP) is 0.851. The van der Waals surface area contributed by atoms with Crippen molar-refractivity contribution in [3.8, 4) is 17.7 Å². The Kier molecular flexibility index (Phi) is 2.57. The summed E-state index contributed by atoms with van der Waals surface area (Å²) < 4.78 is 38.5. The second kappa shape index (κ2) is 3.53. The molecule has 1 aromatic rings. The van der Waals surface area contributed by atoms with Crippen molar-refractivity contribution in [1.29, 1.82) is 5.26 Å². The van der Waals surface area contributed by atoms with Gasteiger partial charge in [0.1, 0.15) is 6.07 Å². The number of H-pyrrole nitrogens is 1. The molecule has 0 aliphatic heterocycles. The Morgan fingerprint density at radius 2 is 2.13 bits per heavy atom. The number of hydrogen-bond donors (Lipinski definition) is 2. The van der Waals surface area contributed by atoms with E-state index in [1.165, 1.54) is 6.07 Å². The van der Waals surface area contributed by atoms with E-state index in [9.17, 15) is 18.0 Å². The first kappa shape index (κ1) is 10.9. The van der Waals surface area contributed by atoms with Gasteiger partial charge in [-0.2, -0.15) is 5.26 Å². The van der Waals surface area contributed by atoms with Crippen molar-refractivity contribution in [2.24, 2.45) is 0 Å². The molecule has 1 heterocycles. The number of aromatic nitrogens is 1. The number of rotatable bonds is 1. The summed E-state index contributed by atoms with van der Waals surface area (Å²) in [7, 11) is 0. The zero-order valence-electron chi connectivity index (χ0n) is 6.92. The first-order valence-electron chi connectivity index (χ1n) is 3.45. The molecule has 0 aromatic carbocycles. The highest BCUT2D eigenvalue weighted by Crippen LogP contribution is 2.21. The molecule has 2 N–H and O–H groups in total. The van der Waals surface area contributed by atoms with E-state index in [1.807, 2.05) is 0 Å². The highest BCUT2D eigenvalue weighted by Gasteiger charge is 2.32. The molecule has 0 aliphatic rings. The molecule has 0 unspecified atom stereocenters. The van der Waals surface area contributed by atoms with Crippen LogP contribution in [0.1, 0.15) is 5.69 Å². The summed E-state index contributed by atoms with van der Waals surface area (Å²) in [6.45, 7) is 0. The number of nitrogens with zero attached hydrogens (tertiary/aromatic N) is 1. The van der Waals surface area contributed by atoms with Crippen LogP contribution in [-0.2, 0) is 0 Å². The van der Waals surface area contributed by atoms with Gasteiger partial charge in [-0.3, -0.25) is 4.79 Å². The molecule has 0 radical (unpaired) electrons. The fourth-order valence-corrected chi connectivity index (χ4v) is 0.790. The van der Waals surface area contributed by atoms with Gasteiger partial charge >= 0.3 is 6.36 Å². The Labute approximate surface area is 80.3 Å². The van der Waals surface area contributed by atoms with Crippen molar-refractivity contribution >= 4 is 0 Å². The molecule has 1 rings (SSSR count). The van der Waals surface area contributed by atoms with Crippen molar-refractivity contribution in [2.75, 3.05) is 0 Å². The second-order valence-electron chi connectivity index (χ2n) is 2.38. The normalized spacial score (nSPS) is 10.8. The van der Waals surface area contributed by atoms with Gasteiger partial charge in [0.05, 0.1) is 6.07 Å². The average molecular weight is 220 g/mol. The van der Waals surface area contributed by atoms with Gasteiger partial charge in [0.25, 0.3) is 0 Å². The van der Waals surface area contributed by atoms with Crippen molar-refractivity contribution < 1.29 is 23.0 Å². The number of nitrogens with one attached hydrogen (secondary N) is 1. The van der Waals surface area contributed by atoms with Gasteiger partial charge in [-0.1, -0.05) is 0 Å². The number of nitriles is 1. The van der Waals surface area contributed by atoms with E-state index in [0.717, 1.165) is 0 Å². The molecule has 5 nitrogen and oxygen atoms in total. The summed E-state index contributed by atoms with van der Waals surface area (Å²) in [5.41, 5.74) is -1.83. The molecule has 0 bridgehead atoms. The van der Waals surface area contributed by atoms with E-state index in [-0.39, 0.29) is 0 Å². The van der Waals surface area contributed by atoms with Gasteiger partial charge in [0.2, 0.25) is 11.3 Å². The van der Waals surface area contributed by atoms with Crippen molar-refractivity contribution in [2.45, 2.75) is 6.36 Å². The van der Waals surface area contributed by atoms with E-state index in [4.69, 9.17) is 10.4 Å². The fraction of sp³-hybridized carbons (Fsp3) is 0.143. The largest absolute Gasteiger partial charge is 0.574 e. The summed E-state index contributed by atoms with van der Waals surface area (Å²) in [6.07, 6.45) is -4.98. The Bertz CT molecular complexity index is 472. The number of halogens is 3. The van der Waals surface area contributed by atoms with Crippen LogP contribution in [0.25, 0.3) is 0 Å². The third kappa shape index (κ3) is 2.63. The van der Waals surface area contributed by atoms with Gasteiger partial charge in [-0.25, -0.2) is 0 Å². The van der Waals surface area contributed by atoms with E-state index in [2.05, 4.69) is 4.74 Å². The molecule has 1 aromatic heterocycles. The first-order valence-corrected chi connectivity index (χ1v) is 3.45. The maximum atomic E-state index is 11.7. The third-order valence-corrected chi connectivity index (χ3v) is 1.32. The van der Waals surface area contributed by atoms with Crippen LogP contribution < -0.4 is 10.2 Å². The van der Waals surface area contributed by atoms with Crippen LogP contribution in [0.5, 0.6) is 11.6 Å². The lowest BCUT2D eigenvalue weighted by Gasteiger charge is -2.08. The number of aromatic amines is 1. The summed E-state index contributed by atoms with van der Waals surface area (Å²) >= 11 is 0. The summed E-state index contributed by atoms with van der Waals surface area (Å²) in [4.78, 5) is 12.6. The highest BCUT2D eigenvalue weighted by molar-refractivity contribution is 5.38. The molecule has 0 atom stereocenters. The minimum Gasteiger partial charge on any atom is -0.502 e. The molecule has 0 saturated heterocycles. The van der Waals surface area contributed by atoms with E-state index in [1.54, 1.807) is 4.98 Å². The highest BCUT2D eigenvalue weighted by atomic mass is 19.4. The monoisotopic (exact) mass is 220 g/mol. The zero-order valence-corrected chi connectivity index (χ0v) is 6.92. The lowest BCUT2D eigenvalue weighted by atomic mass is 10.3.